The Labute approximate surface area is 140 Å². The van der Waals surface area contributed by atoms with Gasteiger partial charge in [-0.2, -0.15) is 13.2 Å². The number of benzene rings is 2. The zero-order chi connectivity index (χ0) is 18.0. The van der Waals surface area contributed by atoms with Gasteiger partial charge in [0.15, 0.2) is 0 Å². The van der Waals surface area contributed by atoms with Crippen LogP contribution in [0.3, 0.4) is 0 Å². The topological polar surface area (TPSA) is 58.6 Å². The summed E-state index contributed by atoms with van der Waals surface area (Å²) in [5, 5.41) is 11.0. The van der Waals surface area contributed by atoms with Crippen molar-refractivity contribution in [2.24, 2.45) is 0 Å². The summed E-state index contributed by atoms with van der Waals surface area (Å²) in [4.78, 5) is 11.4. The number of hydrogen-bond donors (Lipinski definition) is 0. The summed E-state index contributed by atoms with van der Waals surface area (Å²) in [5.41, 5.74) is -0.987. The molecule has 128 valence electrons. The molecule has 0 spiro atoms. The molecule has 0 amide bonds. The average Bonchev–Trinajstić information content (AvgIpc) is 2.49. The minimum atomic E-state index is -4.58. The van der Waals surface area contributed by atoms with Crippen LogP contribution in [-0.2, 0) is 11.0 Å². The van der Waals surface area contributed by atoms with Crippen molar-refractivity contribution < 1.29 is 32.5 Å². The largest absolute Gasteiger partial charge is 0.543 e. The minimum absolute atomic E-state index is 0.173. The maximum Gasteiger partial charge on any atom is 0.416 e. The molecule has 0 fully saturated rings. The maximum atomic E-state index is 12.6. The van der Waals surface area contributed by atoms with Crippen LogP contribution in [-0.4, -0.2) is 11.8 Å². The number of hydrogen-bond acceptors (Lipinski definition) is 4. The fraction of sp³-hybridized carbons (Fsp3) is 0.188. The Morgan fingerprint density at radius 1 is 1.08 bits per heavy atom. The van der Waals surface area contributed by atoms with Gasteiger partial charge in [0.05, 0.1) is 10.6 Å². The average molecular weight is 360 g/mol. The molecule has 0 aliphatic heterocycles. The van der Waals surface area contributed by atoms with E-state index >= 15 is 0 Å². The van der Waals surface area contributed by atoms with E-state index in [1.807, 2.05) is 0 Å². The first-order valence-corrected chi connectivity index (χ1v) is 7.01. The molecule has 1 unspecified atom stereocenters. The summed E-state index contributed by atoms with van der Waals surface area (Å²) in [6, 6.07) is 10.1. The second-order valence-corrected chi connectivity index (χ2v) is 5.30. The number of ether oxygens (including phenoxy) is 2. The first-order valence-electron chi connectivity index (χ1n) is 6.63. The van der Waals surface area contributed by atoms with Gasteiger partial charge in [-0.1, -0.05) is 29.8 Å². The van der Waals surface area contributed by atoms with Crippen LogP contribution in [0.5, 0.6) is 11.5 Å². The second kappa shape index (κ2) is 6.60. The number of para-hydroxylation sites is 1. The summed E-state index contributed by atoms with van der Waals surface area (Å²) in [6.45, 7) is 1.06. The third-order valence-corrected chi connectivity index (χ3v) is 3.29. The van der Waals surface area contributed by atoms with Crippen molar-refractivity contribution in [3.63, 3.8) is 0 Å². The Bertz CT molecular complexity index is 734. The Balaban J connectivity index is 2.29. The van der Waals surface area contributed by atoms with Crippen molar-refractivity contribution in [2.75, 3.05) is 0 Å². The quantitative estimate of drug-likeness (QED) is 0.769. The SMILES string of the molecule is CC(Oc1ccccc1)(Oc1ccc(C(F)(F)F)cc1Cl)C(=O)[O-]. The van der Waals surface area contributed by atoms with Crippen LogP contribution in [0.15, 0.2) is 48.5 Å². The van der Waals surface area contributed by atoms with Crippen molar-refractivity contribution in [3.05, 3.63) is 59.1 Å². The van der Waals surface area contributed by atoms with Crippen molar-refractivity contribution in [1.82, 2.24) is 0 Å². The molecule has 0 radical (unpaired) electrons. The molecule has 0 bridgehead atoms. The highest BCUT2D eigenvalue weighted by atomic mass is 35.5. The van der Waals surface area contributed by atoms with Gasteiger partial charge < -0.3 is 19.4 Å². The van der Waals surface area contributed by atoms with Gasteiger partial charge in [-0.05, 0) is 30.3 Å². The molecule has 0 aromatic heterocycles. The van der Waals surface area contributed by atoms with Gasteiger partial charge in [-0.3, -0.25) is 0 Å². The summed E-state index contributed by atoms with van der Waals surface area (Å²) in [5.74, 6) is -4.12. The molecule has 0 heterocycles. The Hall–Kier alpha value is -2.41. The number of carboxylic acid groups (broad SMARTS) is 1. The van der Waals surface area contributed by atoms with Crippen LogP contribution >= 0.6 is 11.6 Å². The minimum Gasteiger partial charge on any atom is -0.543 e. The van der Waals surface area contributed by atoms with Crippen LogP contribution in [0.2, 0.25) is 5.02 Å². The fourth-order valence-corrected chi connectivity index (χ4v) is 2.01. The Kier molecular flexibility index (Phi) is 4.94. The molecule has 0 saturated heterocycles. The summed E-state index contributed by atoms with van der Waals surface area (Å²) in [6.07, 6.45) is -4.58. The van der Waals surface area contributed by atoms with E-state index in [1.165, 1.54) is 12.1 Å². The van der Waals surface area contributed by atoms with Crippen molar-refractivity contribution >= 4 is 17.6 Å². The van der Waals surface area contributed by atoms with Gasteiger partial charge in [0.2, 0.25) is 0 Å². The van der Waals surface area contributed by atoms with Crippen LogP contribution in [0.25, 0.3) is 0 Å². The van der Waals surface area contributed by atoms with Crippen LogP contribution in [0.1, 0.15) is 12.5 Å². The van der Waals surface area contributed by atoms with E-state index in [0.717, 1.165) is 19.1 Å². The van der Waals surface area contributed by atoms with Crippen molar-refractivity contribution in [1.29, 1.82) is 0 Å². The summed E-state index contributed by atoms with van der Waals surface area (Å²) >= 11 is 5.76. The lowest BCUT2D eigenvalue weighted by Crippen LogP contribution is -2.54. The highest BCUT2D eigenvalue weighted by Gasteiger charge is 2.34. The molecule has 2 rings (SSSR count). The van der Waals surface area contributed by atoms with Gasteiger partial charge >= 0.3 is 6.18 Å². The fourth-order valence-electron chi connectivity index (χ4n) is 1.79. The van der Waals surface area contributed by atoms with Crippen molar-refractivity contribution in [3.8, 4) is 11.5 Å². The van der Waals surface area contributed by atoms with Gasteiger partial charge in [0.1, 0.15) is 17.5 Å². The number of carbonyl (C=O) groups excluding carboxylic acids is 1. The predicted octanol–water partition coefficient (Wildman–Crippen LogP) is 3.28. The van der Waals surface area contributed by atoms with E-state index in [0.29, 0.717) is 6.07 Å². The van der Waals surface area contributed by atoms with Gasteiger partial charge in [0.25, 0.3) is 5.79 Å². The number of carbonyl (C=O) groups is 1. The lowest BCUT2D eigenvalue weighted by molar-refractivity contribution is -0.336. The molecule has 1 atom stereocenters. The maximum absolute atomic E-state index is 12.6. The molecular formula is C16H11ClF3O4-. The highest BCUT2D eigenvalue weighted by molar-refractivity contribution is 6.32. The standard InChI is InChI=1S/C16H12ClF3O4/c1-15(14(21)22,23-11-5-3-2-4-6-11)24-13-8-7-10(9-12(13)17)16(18,19)20/h2-9H,1H3,(H,21,22)/p-1. The van der Waals surface area contributed by atoms with E-state index in [9.17, 15) is 23.1 Å². The number of aliphatic carboxylic acids is 1. The zero-order valence-electron chi connectivity index (χ0n) is 12.3. The zero-order valence-corrected chi connectivity index (χ0v) is 13.0. The first-order chi connectivity index (χ1) is 11.1. The van der Waals surface area contributed by atoms with E-state index in [2.05, 4.69) is 0 Å². The van der Waals surface area contributed by atoms with E-state index < -0.39 is 28.5 Å². The number of carboxylic acids is 1. The van der Waals surface area contributed by atoms with E-state index in [1.54, 1.807) is 18.2 Å². The molecule has 0 aliphatic rings. The molecule has 2 aromatic rings. The van der Waals surface area contributed by atoms with Gasteiger partial charge in [-0.15, -0.1) is 0 Å². The number of rotatable bonds is 5. The lowest BCUT2D eigenvalue weighted by Gasteiger charge is -2.32. The summed E-state index contributed by atoms with van der Waals surface area (Å²) < 4.78 is 48.3. The monoisotopic (exact) mass is 359 g/mol. The van der Waals surface area contributed by atoms with Crippen LogP contribution < -0.4 is 14.6 Å². The third-order valence-electron chi connectivity index (χ3n) is 2.99. The molecule has 2 aromatic carbocycles. The van der Waals surface area contributed by atoms with Gasteiger partial charge in [-0.25, -0.2) is 0 Å². The van der Waals surface area contributed by atoms with Crippen LogP contribution in [0.4, 0.5) is 13.2 Å². The highest BCUT2D eigenvalue weighted by Crippen LogP contribution is 2.36. The summed E-state index contributed by atoms with van der Waals surface area (Å²) in [7, 11) is 0. The number of alkyl halides is 3. The van der Waals surface area contributed by atoms with E-state index in [4.69, 9.17) is 21.1 Å². The molecule has 0 saturated carbocycles. The predicted molar refractivity (Wildman–Crippen MR) is 77.6 cm³/mol. The molecule has 24 heavy (non-hydrogen) atoms. The van der Waals surface area contributed by atoms with E-state index in [-0.39, 0.29) is 11.5 Å². The normalized spacial score (nSPS) is 13.9. The number of halogens is 4. The molecule has 0 aliphatic carbocycles. The smallest absolute Gasteiger partial charge is 0.416 e. The third kappa shape index (κ3) is 4.11. The lowest BCUT2D eigenvalue weighted by atomic mass is 10.2. The molecular weight excluding hydrogens is 349 g/mol. The Morgan fingerprint density at radius 3 is 2.21 bits per heavy atom. The second-order valence-electron chi connectivity index (χ2n) is 4.89. The molecule has 0 N–H and O–H groups in total. The van der Waals surface area contributed by atoms with Crippen LogP contribution in [0, 0.1) is 0 Å². The molecule has 4 nitrogen and oxygen atoms in total. The Morgan fingerprint density at radius 2 is 1.71 bits per heavy atom. The molecule has 8 heteroatoms. The van der Waals surface area contributed by atoms with Crippen molar-refractivity contribution in [2.45, 2.75) is 18.9 Å². The van der Waals surface area contributed by atoms with Gasteiger partial charge in [0, 0.05) is 6.92 Å². The first kappa shape index (κ1) is 17.9.